The van der Waals surface area contributed by atoms with Gasteiger partial charge in [0, 0.05) is 31.7 Å². The predicted octanol–water partition coefficient (Wildman–Crippen LogP) is 1.75. The van der Waals surface area contributed by atoms with Gasteiger partial charge in [0.15, 0.2) is 0 Å². The van der Waals surface area contributed by atoms with E-state index in [2.05, 4.69) is 10.2 Å². The molecule has 0 spiro atoms. The smallest absolute Gasteiger partial charge is 0.490 e. The van der Waals surface area contributed by atoms with Crippen LogP contribution in [0.2, 0.25) is 5.02 Å². The first-order valence-corrected chi connectivity index (χ1v) is 8.94. The first-order valence-electron chi connectivity index (χ1n) is 8.56. The molecule has 12 heteroatoms. The zero-order valence-electron chi connectivity index (χ0n) is 15.6. The molecule has 29 heavy (non-hydrogen) atoms. The Morgan fingerprint density at radius 1 is 1.34 bits per heavy atom. The Hall–Kier alpha value is -2.24. The van der Waals surface area contributed by atoms with Gasteiger partial charge in [-0.25, -0.2) is 4.79 Å². The Labute approximate surface area is 170 Å². The summed E-state index contributed by atoms with van der Waals surface area (Å²) in [6, 6.07) is 3.20. The number of aliphatic hydroxyl groups excluding tert-OH is 1. The Bertz CT molecular complexity index is 710. The molecule has 0 saturated carbocycles. The number of halogens is 4. The Morgan fingerprint density at radius 2 is 1.90 bits per heavy atom. The minimum atomic E-state index is -5.08. The highest BCUT2D eigenvalue weighted by Crippen LogP contribution is 2.29. The number of aliphatic carboxylic acids is 1. The van der Waals surface area contributed by atoms with Gasteiger partial charge in [-0.15, -0.1) is 0 Å². The third-order valence-corrected chi connectivity index (χ3v) is 4.47. The number of ether oxygens (including phenoxy) is 1. The van der Waals surface area contributed by atoms with Crippen LogP contribution in [0.25, 0.3) is 0 Å². The van der Waals surface area contributed by atoms with Gasteiger partial charge in [0.05, 0.1) is 30.0 Å². The van der Waals surface area contributed by atoms with Crippen LogP contribution >= 0.6 is 11.6 Å². The molecule has 0 unspecified atom stereocenters. The average Bonchev–Trinajstić information content (AvgIpc) is 2.65. The summed E-state index contributed by atoms with van der Waals surface area (Å²) in [6.45, 7) is 2.58. The number of rotatable bonds is 5. The number of nitrogens with zero attached hydrogens (tertiary/aromatic N) is 1. The van der Waals surface area contributed by atoms with E-state index in [1.807, 2.05) is 0 Å². The van der Waals surface area contributed by atoms with Crippen LogP contribution in [0.3, 0.4) is 0 Å². The number of nitrogens with two attached hydrogens (primary N) is 1. The number of anilines is 1. The molecule has 0 radical (unpaired) electrons. The first kappa shape index (κ1) is 24.8. The topological polar surface area (TPSA) is 125 Å². The second kappa shape index (κ2) is 11.1. The zero-order valence-corrected chi connectivity index (χ0v) is 16.4. The van der Waals surface area contributed by atoms with Crippen molar-refractivity contribution < 1.29 is 37.7 Å². The van der Waals surface area contributed by atoms with Crippen molar-refractivity contribution in [3.05, 3.63) is 22.7 Å². The maximum absolute atomic E-state index is 12.4. The minimum absolute atomic E-state index is 0.114. The molecule has 0 atom stereocenters. The third-order valence-electron chi connectivity index (χ3n) is 4.14. The molecule has 1 amide bonds. The predicted molar refractivity (Wildman–Crippen MR) is 100 cm³/mol. The number of piperidine rings is 1. The summed E-state index contributed by atoms with van der Waals surface area (Å²) in [6.07, 6.45) is -3.37. The molecule has 0 bridgehead atoms. The number of benzene rings is 1. The van der Waals surface area contributed by atoms with Crippen molar-refractivity contribution in [1.29, 1.82) is 0 Å². The van der Waals surface area contributed by atoms with Crippen LogP contribution in [0.4, 0.5) is 18.9 Å². The molecule has 5 N–H and O–H groups in total. The highest BCUT2D eigenvalue weighted by atomic mass is 35.5. The van der Waals surface area contributed by atoms with E-state index in [1.54, 1.807) is 6.07 Å². The molecule has 1 aromatic rings. The molecular weight excluding hydrogens is 419 g/mol. The van der Waals surface area contributed by atoms with Gasteiger partial charge in [-0.1, -0.05) is 11.6 Å². The van der Waals surface area contributed by atoms with Crippen LogP contribution in [0.1, 0.15) is 23.2 Å². The summed E-state index contributed by atoms with van der Waals surface area (Å²) in [5.41, 5.74) is 6.49. The molecule has 1 saturated heterocycles. The van der Waals surface area contributed by atoms with Gasteiger partial charge in [-0.2, -0.15) is 13.2 Å². The molecular formula is C17H23ClF3N3O5. The molecule has 0 aliphatic carbocycles. The summed E-state index contributed by atoms with van der Waals surface area (Å²) in [7, 11) is 1.49. The lowest BCUT2D eigenvalue weighted by Gasteiger charge is -2.31. The molecule has 2 rings (SSSR count). The number of carbonyl (C=O) groups excluding carboxylic acids is 1. The number of amides is 1. The van der Waals surface area contributed by atoms with E-state index < -0.39 is 12.1 Å². The quantitative estimate of drug-likeness (QED) is 0.513. The number of nitrogens with one attached hydrogen (secondary N) is 1. The number of carboxylic acids is 1. The van der Waals surface area contributed by atoms with Gasteiger partial charge in [-0.3, -0.25) is 4.79 Å². The maximum Gasteiger partial charge on any atom is 0.490 e. The van der Waals surface area contributed by atoms with Crippen molar-refractivity contribution in [2.24, 2.45) is 0 Å². The van der Waals surface area contributed by atoms with E-state index in [4.69, 9.17) is 37.1 Å². The standard InChI is InChI=1S/C15H22ClN3O3.C2HF3O2/c1-22-14-9-13(17)12(16)8-11(14)15(21)18-10-2-4-19(5-3-10)6-7-20;3-2(4,5)1(6)7/h8-10,20H,2-7,17H2,1H3,(H,18,21);(H,6,7). The van der Waals surface area contributed by atoms with E-state index in [-0.39, 0.29) is 18.6 Å². The fraction of sp³-hybridized carbons (Fsp3) is 0.529. The van der Waals surface area contributed by atoms with E-state index in [9.17, 15) is 18.0 Å². The first-order chi connectivity index (χ1) is 13.5. The lowest BCUT2D eigenvalue weighted by molar-refractivity contribution is -0.192. The normalized spacial score (nSPS) is 15.2. The Morgan fingerprint density at radius 3 is 2.34 bits per heavy atom. The summed E-state index contributed by atoms with van der Waals surface area (Å²) in [4.78, 5) is 23.5. The van der Waals surface area contributed by atoms with E-state index in [0.717, 1.165) is 25.9 Å². The summed E-state index contributed by atoms with van der Waals surface area (Å²) >= 11 is 5.99. The number of β-amino-alcohol motifs (C(OH)–C–C–N with tert-alkyl or cyclic N) is 1. The molecule has 1 heterocycles. The number of nitrogen functional groups attached to an aromatic ring is 1. The monoisotopic (exact) mass is 441 g/mol. The van der Waals surface area contributed by atoms with Gasteiger partial charge >= 0.3 is 12.1 Å². The third kappa shape index (κ3) is 7.95. The minimum Gasteiger partial charge on any atom is -0.496 e. The molecule has 1 fully saturated rings. The number of carboxylic acid groups (broad SMARTS) is 1. The number of hydrogen-bond donors (Lipinski definition) is 4. The van der Waals surface area contributed by atoms with Crippen LogP contribution in [0.5, 0.6) is 5.75 Å². The van der Waals surface area contributed by atoms with E-state index >= 15 is 0 Å². The highest BCUT2D eigenvalue weighted by Gasteiger charge is 2.38. The summed E-state index contributed by atoms with van der Waals surface area (Å²) < 4.78 is 36.9. The van der Waals surface area contributed by atoms with Crippen molar-refractivity contribution in [3.63, 3.8) is 0 Å². The largest absolute Gasteiger partial charge is 0.496 e. The van der Waals surface area contributed by atoms with Crippen molar-refractivity contribution in [2.75, 3.05) is 39.1 Å². The van der Waals surface area contributed by atoms with Gasteiger partial charge in [-0.05, 0) is 18.9 Å². The van der Waals surface area contributed by atoms with Crippen LogP contribution in [0, 0.1) is 0 Å². The summed E-state index contributed by atoms with van der Waals surface area (Å²) in [5, 5.41) is 19.4. The van der Waals surface area contributed by atoms with Gasteiger partial charge in [0.1, 0.15) is 5.75 Å². The fourth-order valence-electron chi connectivity index (χ4n) is 2.62. The Kier molecular flexibility index (Phi) is 9.47. The maximum atomic E-state index is 12.4. The molecule has 8 nitrogen and oxygen atoms in total. The Balaban J connectivity index is 0.000000516. The van der Waals surface area contributed by atoms with Crippen molar-refractivity contribution in [3.8, 4) is 5.75 Å². The number of aliphatic hydroxyl groups is 1. The number of methoxy groups -OCH3 is 1. The van der Waals surface area contributed by atoms with Gasteiger partial charge in [0.25, 0.3) is 5.91 Å². The second-order valence-electron chi connectivity index (χ2n) is 6.19. The zero-order chi connectivity index (χ0) is 22.2. The van der Waals surface area contributed by atoms with Crippen molar-refractivity contribution in [1.82, 2.24) is 10.2 Å². The number of alkyl halides is 3. The van der Waals surface area contributed by atoms with Crippen LogP contribution in [-0.4, -0.2) is 72.6 Å². The SMILES string of the molecule is COc1cc(N)c(Cl)cc1C(=O)NC1CCN(CCO)CC1.O=C(O)C(F)(F)F. The lowest BCUT2D eigenvalue weighted by atomic mass is 10.0. The van der Waals surface area contributed by atoms with Crippen LogP contribution < -0.4 is 15.8 Å². The van der Waals surface area contributed by atoms with E-state index in [0.29, 0.717) is 28.6 Å². The van der Waals surface area contributed by atoms with Gasteiger partial charge < -0.3 is 30.9 Å². The van der Waals surface area contributed by atoms with Crippen LogP contribution in [-0.2, 0) is 4.79 Å². The molecule has 164 valence electrons. The molecule has 1 aliphatic rings. The van der Waals surface area contributed by atoms with Gasteiger partial charge in [0.2, 0.25) is 0 Å². The molecule has 1 aromatic carbocycles. The average molecular weight is 442 g/mol. The van der Waals surface area contributed by atoms with Crippen LogP contribution in [0.15, 0.2) is 12.1 Å². The second-order valence-corrected chi connectivity index (χ2v) is 6.60. The number of hydrogen-bond acceptors (Lipinski definition) is 6. The fourth-order valence-corrected chi connectivity index (χ4v) is 2.78. The molecule has 1 aliphatic heterocycles. The van der Waals surface area contributed by atoms with Crippen molar-refractivity contribution in [2.45, 2.75) is 25.1 Å². The summed E-state index contributed by atoms with van der Waals surface area (Å²) in [5.74, 6) is -2.55. The van der Waals surface area contributed by atoms with E-state index in [1.165, 1.54) is 13.2 Å². The molecule has 0 aromatic heterocycles. The number of likely N-dealkylation sites (tertiary alicyclic amines) is 1. The number of carbonyl (C=O) groups is 2. The highest BCUT2D eigenvalue weighted by molar-refractivity contribution is 6.33. The lowest BCUT2D eigenvalue weighted by Crippen LogP contribution is -2.45. The van der Waals surface area contributed by atoms with Crippen molar-refractivity contribution >= 4 is 29.2 Å².